The number of carbonyl (C=O) groups is 2. The smallest absolute Gasteiger partial charge is 0.229 e. The number of carbonyl (C=O) groups excluding carboxylic acids is 2. The van der Waals surface area contributed by atoms with Crippen LogP contribution >= 0.6 is 11.8 Å². The van der Waals surface area contributed by atoms with Crippen LogP contribution in [0.3, 0.4) is 0 Å². The van der Waals surface area contributed by atoms with E-state index < -0.39 is 5.92 Å². The zero-order chi connectivity index (χ0) is 21.1. The van der Waals surface area contributed by atoms with Gasteiger partial charge >= 0.3 is 0 Å². The topological polar surface area (TPSA) is 61.9 Å². The average Bonchev–Trinajstić information content (AvgIpc) is 3.16. The van der Waals surface area contributed by atoms with Crippen LogP contribution in [-0.4, -0.2) is 50.9 Å². The summed E-state index contributed by atoms with van der Waals surface area (Å²) in [5, 5.41) is 2.76. The van der Waals surface area contributed by atoms with Crippen LogP contribution in [0.25, 0.3) is 0 Å². The Bertz CT molecular complexity index is 932. The van der Waals surface area contributed by atoms with E-state index in [0.717, 1.165) is 10.6 Å². The fraction of sp³-hybridized carbons (Fsp3) is 0.364. The fourth-order valence-electron chi connectivity index (χ4n) is 3.78. The molecule has 2 heterocycles. The molecule has 1 atom stereocenters. The summed E-state index contributed by atoms with van der Waals surface area (Å²) in [7, 11) is 0. The SMILES string of the molecule is CSc1ccc(N2CC(C(=O)Nc3ccc(N4CCOCC4)c(F)c3)CC2=O)cc1. The van der Waals surface area contributed by atoms with Crippen molar-refractivity contribution in [2.24, 2.45) is 5.92 Å². The van der Waals surface area contributed by atoms with E-state index in [0.29, 0.717) is 44.2 Å². The number of ether oxygens (including phenoxy) is 1. The normalized spacial score (nSPS) is 19.3. The number of amides is 2. The lowest BCUT2D eigenvalue weighted by molar-refractivity contribution is -0.122. The summed E-state index contributed by atoms with van der Waals surface area (Å²) in [6.45, 7) is 2.74. The van der Waals surface area contributed by atoms with Gasteiger partial charge in [-0.15, -0.1) is 11.8 Å². The fourth-order valence-corrected chi connectivity index (χ4v) is 4.19. The second kappa shape index (κ2) is 9.06. The number of hydrogen-bond donors (Lipinski definition) is 1. The lowest BCUT2D eigenvalue weighted by atomic mass is 10.1. The third kappa shape index (κ3) is 4.44. The molecule has 2 saturated heterocycles. The Morgan fingerprint density at radius 3 is 2.57 bits per heavy atom. The molecule has 0 bridgehead atoms. The van der Waals surface area contributed by atoms with Crippen molar-refractivity contribution in [2.75, 3.05) is 54.2 Å². The lowest BCUT2D eigenvalue weighted by Gasteiger charge is -2.29. The highest BCUT2D eigenvalue weighted by Gasteiger charge is 2.35. The van der Waals surface area contributed by atoms with Crippen molar-refractivity contribution in [1.29, 1.82) is 0 Å². The van der Waals surface area contributed by atoms with E-state index >= 15 is 0 Å². The average molecular weight is 430 g/mol. The van der Waals surface area contributed by atoms with Gasteiger partial charge in [0.25, 0.3) is 0 Å². The molecule has 1 N–H and O–H groups in total. The Morgan fingerprint density at radius 1 is 1.17 bits per heavy atom. The second-order valence-corrected chi connectivity index (χ2v) is 8.24. The molecule has 0 radical (unpaired) electrons. The summed E-state index contributed by atoms with van der Waals surface area (Å²) in [6.07, 6.45) is 2.14. The number of benzene rings is 2. The number of halogens is 1. The van der Waals surface area contributed by atoms with Crippen molar-refractivity contribution in [2.45, 2.75) is 11.3 Å². The summed E-state index contributed by atoms with van der Waals surface area (Å²) in [4.78, 5) is 29.8. The van der Waals surface area contributed by atoms with Crippen molar-refractivity contribution in [1.82, 2.24) is 0 Å². The summed E-state index contributed by atoms with van der Waals surface area (Å²) in [6, 6.07) is 12.4. The van der Waals surface area contributed by atoms with Gasteiger partial charge in [0, 0.05) is 42.3 Å². The first kappa shape index (κ1) is 20.7. The molecule has 30 heavy (non-hydrogen) atoms. The van der Waals surface area contributed by atoms with E-state index in [-0.39, 0.29) is 24.1 Å². The minimum Gasteiger partial charge on any atom is -0.378 e. The molecular formula is C22H24FN3O3S. The molecule has 1 unspecified atom stereocenters. The van der Waals surface area contributed by atoms with Crippen LogP contribution in [0.4, 0.5) is 21.5 Å². The number of anilines is 3. The van der Waals surface area contributed by atoms with Gasteiger partial charge in [0.15, 0.2) is 0 Å². The van der Waals surface area contributed by atoms with Gasteiger partial charge in [-0.25, -0.2) is 4.39 Å². The van der Waals surface area contributed by atoms with Crippen LogP contribution in [0.15, 0.2) is 47.4 Å². The Hall–Kier alpha value is -2.58. The van der Waals surface area contributed by atoms with Gasteiger partial charge < -0.3 is 19.9 Å². The molecule has 6 nitrogen and oxygen atoms in total. The molecular weight excluding hydrogens is 405 g/mol. The number of rotatable bonds is 5. The first-order valence-corrected chi connectivity index (χ1v) is 11.1. The predicted molar refractivity (Wildman–Crippen MR) is 117 cm³/mol. The Labute approximate surface area is 179 Å². The molecule has 0 spiro atoms. The molecule has 8 heteroatoms. The van der Waals surface area contributed by atoms with E-state index in [2.05, 4.69) is 5.32 Å². The standard InChI is InChI=1S/C22H24FN3O3S/c1-30-18-5-3-17(4-6-18)26-14-15(12-21(26)27)22(28)24-16-2-7-20(19(23)13-16)25-8-10-29-11-9-25/h2-7,13,15H,8-12,14H2,1H3,(H,24,28). The predicted octanol–water partition coefficient (Wildman–Crippen LogP) is 3.38. The zero-order valence-corrected chi connectivity index (χ0v) is 17.6. The lowest BCUT2D eigenvalue weighted by Crippen LogP contribution is -2.36. The molecule has 0 aliphatic carbocycles. The molecule has 2 fully saturated rings. The number of nitrogens with zero attached hydrogens (tertiary/aromatic N) is 2. The summed E-state index contributed by atoms with van der Waals surface area (Å²) >= 11 is 1.63. The third-order valence-corrected chi connectivity index (χ3v) is 6.19. The summed E-state index contributed by atoms with van der Waals surface area (Å²) in [5.74, 6) is -1.21. The molecule has 2 aliphatic heterocycles. The van der Waals surface area contributed by atoms with E-state index in [4.69, 9.17) is 4.74 Å². The Balaban J connectivity index is 1.40. The molecule has 2 aromatic carbocycles. The van der Waals surface area contributed by atoms with E-state index in [1.807, 2.05) is 35.4 Å². The van der Waals surface area contributed by atoms with Gasteiger partial charge in [0.2, 0.25) is 11.8 Å². The van der Waals surface area contributed by atoms with Gasteiger partial charge in [-0.3, -0.25) is 9.59 Å². The Morgan fingerprint density at radius 2 is 1.90 bits per heavy atom. The maximum atomic E-state index is 14.6. The van der Waals surface area contributed by atoms with Gasteiger partial charge in [-0.2, -0.15) is 0 Å². The number of morpholine rings is 1. The number of hydrogen-bond acceptors (Lipinski definition) is 5. The Kier molecular flexibility index (Phi) is 6.24. The molecule has 2 aromatic rings. The van der Waals surface area contributed by atoms with Crippen molar-refractivity contribution in [3.05, 3.63) is 48.3 Å². The van der Waals surface area contributed by atoms with E-state index in [1.54, 1.807) is 28.8 Å². The van der Waals surface area contributed by atoms with Crippen molar-refractivity contribution < 1.29 is 18.7 Å². The van der Waals surface area contributed by atoms with Crippen LogP contribution in [0, 0.1) is 11.7 Å². The first-order chi connectivity index (χ1) is 14.5. The second-order valence-electron chi connectivity index (χ2n) is 7.36. The third-order valence-electron chi connectivity index (χ3n) is 5.45. The summed E-state index contributed by atoms with van der Waals surface area (Å²) < 4.78 is 19.9. The molecule has 2 aliphatic rings. The van der Waals surface area contributed by atoms with Crippen LogP contribution < -0.4 is 15.1 Å². The number of thioether (sulfide) groups is 1. The monoisotopic (exact) mass is 429 g/mol. The maximum absolute atomic E-state index is 14.6. The van der Waals surface area contributed by atoms with Crippen molar-refractivity contribution >= 4 is 40.6 Å². The molecule has 2 amide bonds. The van der Waals surface area contributed by atoms with Crippen LogP contribution in [0.1, 0.15) is 6.42 Å². The zero-order valence-electron chi connectivity index (χ0n) is 16.8. The number of nitrogens with one attached hydrogen (secondary N) is 1. The molecule has 0 aromatic heterocycles. The van der Waals surface area contributed by atoms with Crippen molar-refractivity contribution in [3.8, 4) is 0 Å². The van der Waals surface area contributed by atoms with Gasteiger partial charge in [0.1, 0.15) is 5.82 Å². The van der Waals surface area contributed by atoms with Crippen LogP contribution in [-0.2, 0) is 14.3 Å². The van der Waals surface area contributed by atoms with Crippen molar-refractivity contribution in [3.63, 3.8) is 0 Å². The molecule has 158 valence electrons. The minimum atomic E-state index is -0.472. The summed E-state index contributed by atoms with van der Waals surface area (Å²) in [5.41, 5.74) is 1.69. The molecule has 4 rings (SSSR count). The first-order valence-electron chi connectivity index (χ1n) is 9.92. The van der Waals surface area contributed by atoms with E-state index in [1.165, 1.54) is 6.07 Å². The molecule has 0 saturated carbocycles. The largest absolute Gasteiger partial charge is 0.378 e. The maximum Gasteiger partial charge on any atom is 0.229 e. The van der Waals surface area contributed by atoms with Crippen LogP contribution in [0.2, 0.25) is 0 Å². The highest BCUT2D eigenvalue weighted by Crippen LogP contribution is 2.29. The van der Waals surface area contributed by atoms with Gasteiger partial charge in [-0.1, -0.05) is 0 Å². The minimum absolute atomic E-state index is 0.0825. The van der Waals surface area contributed by atoms with Gasteiger partial charge in [-0.05, 0) is 48.7 Å². The van der Waals surface area contributed by atoms with Crippen LogP contribution in [0.5, 0.6) is 0 Å². The van der Waals surface area contributed by atoms with Gasteiger partial charge in [0.05, 0.1) is 24.8 Å². The highest BCUT2D eigenvalue weighted by molar-refractivity contribution is 7.98. The quantitative estimate of drug-likeness (QED) is 0.739. The highest BCUT2D eigenvalue weighted by atomic mass is 32.2. The van der Waals surface area contributed by atoms with E-state index in [9.17, 15) is 14.0 Å².